The average Bonchev–Trinajstić information content (AvgIpc) is 3.84. The molecule has 4 nitrogen and oxygen atoms in total. The minimum Gasteiger partial charge on any atom is -0.490 e. The van der Waals surface area contributed by atoms with Crippen LogP contribution in [-0.4, -0.2) is 38.6 Å². The molecule has 2 heterocycles. The fourth-order valence-electron chi connectivity index (χ4n) is 12.1. The number of benzene rings is 2. The van der Waals surface area contributed by atoms with Gasteiger partial charge in [0.25, 0.3) is 0 Å². The van der Waals surface area contributed by atoms with Crippen LogP contribution in [0.5, 0.6) is 11.5 Å². The molecule has 10 aliphatic rings. The van der Waals surface area contributed by atoms with E-state index in [1.807, 2.05) is 0 Å². The van der Waals surface area contributed by atoms with Crippen LogP contribution in [0.1, 0.15) is 88.2 Å². The molecule has 0 spiro atoms. The van der Waals surface area contributed by atoms with Crippen molar-refractivity contribution in [1.29, 1.82) is 0 Å². The van der Waals surface area contributed by atoms with Gasteiger partial charge in [-0.1, -0.05) is 12.1 Å². The summed E-state index contributed by atoms with van der Waals surface area (Å²) in [5.41, 5.74) is 3.61. The van der Waals surface area contributed by atoms with E-state index in [1.54, 1.807) is 0 Å². The molecule has 2 aliphatic heterocycles. The number of rotatable bonds is 8. The molecular formula is C36H44O4. The number of ether oxygens (including phenoxy) is 4. The Kier molecular flexibility index (Phi) is 4.99. The van der Waals surface area contributed by atoms with Crippen molar-refractivity contribution >= 4 is 10.8 Å². The maximum absolute atomic E-state index is 6.90. The summed E-state index contributed by atoms with van der Waals surface area (Å²) >= 11 is 0. The van der Waals surface area contributed by atoms with Gasteiger partial charge in [0, 0.05) is 21.9 Å². The van der Waals surface area contributed by atoms with Gasteiger partial charge in [0.2, 0.25) is 0 Å². The molecule has 2 unspecified atom stereocenters. The Morgan fingerprint density at radius 2 is 1.05 bits per heavy atom. The Hall–Kier alpha value is -1.78. The molecule has 4 heteroatoms. The Morgan fingerprint density at radius 1 is 0.575 bits per heavy atom. The third kappa shape index (κ3) is 3.70. The second-order valence-electron chi connectivity index (χ2n) is 15.9. The molecule has 10 fully saturated rings. The normalized spacial score (nSPS) is 45.3. The summed E-state index contributed by atoms with van der Waals surface area (Å²) < 4.78 is 24.8. The molecule has 0 radical (unpaired) electrons. The lowest BCUT2D eigenvalue weighted by Crippen LogP contribution is -2.49. The van der Waals surface area contributed by atoms with E-state index in [9.17, 15) is 0 Å². The van der Waals surface area contributed by atoms with Gasteiger partial charge >= 0.3 is 0 Å². The number of hydrogen-bond donors (Lipinski definition) is 0. The van der Waals surface area contributed by atoms with E-state index in [0.29, 0.717) is 18.6 Å². The summed E-state index contributed by atoms with van der Waals surface area (Å²) in [5, 5.41) is 2.76. The van der Waals surface area contributed by atoms with Crippen LogP contribution in [0.25, 0.3) is 10.8 Å². The SMILES string of the molecule is c1cc2c(OCC3CO3)c(C34CC5CC(CC(C5)C3)C4)ccc2c(C23CC4CC(CC(C4)C2)C3)c1OCC1CO1. The van der Waals surface area contributed by atoms with E-state index < -0.39 is 0 Å². The smallest absolute Gasteiger partial charge is 0.131 e. The lowest BCUT2D eigenvalue weighted by atomic mass is 9.47. The molecule has 8 aliphatic carbocycles. The number of epoxide rings is 2. The second kappa shape index (κ2) is 8.40. The van der Waals surface area contributed by atoms with Crippen LogP contribution in [0.2, 0.25) is 0 Å². The van der Waals surface area contributed by atoms with Gasteiger partial charge in [0.1, 0.15) is 36.9 Å². The molecule has 8 saturated carbocycles. The maximum atomic E-state index is 6.90. The molecule has 2 saturated heterocycles. The summed E-state index contributed by atoms with van der Waals surface area (Å²) in [6, 6.07) is 9.74. The topological polar surface area (TPSA) is 43.5 Å². The van der Waals surface area contributed by atoms with Gasteiger partial charge in [-0.25, -0.2) is 0 Å². The molecule has 2 aromatic carbocycles. The lowest BCUT2D eigenvalue weighted by molar-refractivity contribution is -0.00641. The van der Waals surface area contributed by atoms with Crippen molar-refractivity contribution in [3.05, 3.63) is 35.4 Å². The first-order valence-corrected chi connectivity index (χ1v) is 16.7. The Labute approximate surface area is 238 Å². The lowest BCUT2D eigenvalue weighted by Gasteiger charge is -2.58. The maximum Gasteiger partial charge on any atom is 0.131 e. The zero-order chi connectivity index (χ0) is 26.1. The largest absolute Gasteiger partial charge is 0.490 e. The van der Waals surface area contributed by atoms with Gasteiger partial charge in [-0.3, -0.25) is 0 Å². The fraction of sp³-hybridized carbons (Fsp3) is 0.722. The van der Waals surface area contributed by atoms with Gasteiger partial charge < -0.3 is 18.9 Å². The first-order chi connectivity index (χ1) is 19.6. The molecule has 0 N–H and O–H groups in total. The van der Waals surface area contributed by atoms with Crippen LogP contribution < -0.4 is 9.47 Å². The summed E-state index contributed by atoms with van der Waals surface area (Å²) in [6.07, 6.45) is 17.5. The molecule has 2 atom stereocenters. The molecule has 0 amide bonds. The van der Waals surface area contributed by atoms with Crippen molar-refractivity contribution in [2.75, 3.05) is 26.4 Å². The highest BCUT2D eigenvalue weighted by atomic mass is 16.6. The molecule has 212 valence electrons. The third-order valence-electron chi connectivity index (χ3n) is 12.9. The zero-order valence-corrected chi connectivity index (χ0v) is 23.9. The summed E-state index contributed by atoms with van der Waals surface area (Å²) in [7, 11) is 0. The van der Waals surface area contributed by atoms with E-state index in [4.69, 9.17) is 18.9 Å². The van der Waals surface area contributed by atoms with Crippen molar-refractivity contribution in [3.8, 4) is 11.5 Å². The predicted octanol–water partition coefficient (Wildman–Crippen LogP) is 7.33. The minimum absolute atomic E-state index is 0.257. The van der Waals surface area contributed by atoms with E-state index in [0.717, 1.165) is 54.5 Å². The van der Waals surface area contributed by atoms with Crippen LogP contribution in [-0.2, 0) is 20.3 Å². The average molecular weight is 541 g/mol. The van der Waals surface area contributed by atoms with Crippen molar-refractivity contribution in [2.24, 2.45) is 35.5 Å². The standard InChI is InChI=1S/C36H44O4/c1-3-31(35-11-21-5-22(12-35)7-23(6-21)13-35)34(40-20-28-18-38-28)30-2-4-32(39-19-27-17-37-27)33(29(1)30)36-14-24-8-25(15-36)10-26(9-24)16-36/h1-4,21-28H,5-20H2. The highest BCUT2D eigenvalue weighted by Gasteiger charge is 2.55. The molecule has 0 aromatic heterocycles. The molecule has 40 heavy (non-hydrogen) atoms. The quantitative estimate of drug-likeness (QED) is 0.329. The molecular weight excluding hydrogens is 496 g/mol. The monoisotopic (exact) mass is 540 g/mol. The summed E-state index contributed by atoms with van der Waals surface area (Å²) in [6.45, 7) is 3.05. The fourth-order valence-corrected chi connectivity index (χ4v) is 12.1. The molecule has 2 aromatic rings. The molecule has 8 bridgehead atoms. The van der Waals surface area contributed by atoms with Crippen LogP contribution >= 0.6 is 0 Å². The summed E-state index contributed by atoms with van der Waals surface area (Å²) in [4.78, 5) is 0. The van der Waals surface area contributed by atoms with Gasteiger partial charge in [0.15, 0.2) is 0 Å². The first kappa shape index (κ1) is 23.7. The minimum atomic E-state index is 0.257. The van der Waals surface area contributed by atoms with E-state index in [-0.39, 0.29) is 17.6 Å². The van der Waals surface area contributed by atoms with Crippen LogP contribution in [0.3, 0.4) is 0 Å². The first-order valence-electron chi connectivity index (χ1n) is 16.7. The van der Waals surface area contributed by atoms with Crippen molar-refractivity contribution in [2.45, 2.75) is 100 Å². The van der Waals surface area contributed by atoms with Gasteiger partial charge in [-0.2, -0.15) is 0 Å². The van der Waals surface area contributed by atoms with Gasteiger partial charge in [-0.05, 0) is 135 Å². The van der Waals surface area contributed by atoms with E-state index in [1.165, 1.54) is 105 Å². The van der Waals surface area contributed by atoms with Crippen molar-refractivity contribution in [3.63, 3.8) is 0 Å². The zero-order valence-electron chi connectivity index (χ0n) is 23.9. The number of fused-ring (bicyclic) bond motifs is 1. The number of hydrogen-bond acceptors (Lipinski definition) is 4. The van der Waals surface area contributed by atoms with Crippen molar-refractivity contribution in [1.82, 2.24) is 0 Å². The predicted molar refractivity (Wildman–Crippen MR) is 154 cm³/mol. The summed E-state index contributed by atoms with van der Waals surface area (Å²) in [5.74, 6) is 7.78. The Bertz CT molecular complexity index is 1280. The highest BCUT2D eigenvalue weighted by Crippen LogP contribution is 2.65. The van der Waals surface area contributed by atoms with Gasteiger partial charge in [0.05, 0.1) is 13.2 Å². The van der Waals surface area contributed by atoms with Crippen LogP contribution in [0, 0.1) is 35.5 Å². The van der Waals surface area contributed by atoms with E-state index in [2.05, 4.69) is 24.3 Å². The van der Waals surface area contributed by atoms with Crippen molar-refractivity contribution < 1.29 is 18.9 Å². The Balaban J connectivity index is 1.15. The van der Waals surface area contributed by atoms with E-state index >= 15 is 0 Å². The highest BCUT2D eigenvalue weighted by molar-refractivity contribution is 5.95. The molecule has 12 rings (SSSR count). The van der Waals surface area contributed by atoms with Gasteiger partial charge in [-0.15, -0.1) is 0 Å². The Morgan fingerprint density at radius 3 is 1.57 bits per heavy atom. The second-order valence-corrected chi connectivity index (χ2v) is 15.9. The van der Waals surface area contributed by atoms with Crippen LogP contribution in [0.4, 0.5) is 0 Å². The van der Waals surface area contributed by atoms with Crippen LogP contribution in [0.15, 0.2) is 24.3 Å². The third-order valence-corrected chi connectivity index (χ3v) is 12.9.